The van der Waals surface area contributed by atoms with Crippen LogP contribution in [0, 0.1) is 10.1 Å². The number of hydrogen-bond donors (Lipinski definition) is 2. The number of nitro groups is 1. The molecule has 0 aliphatic carbocycles. The van der Waals surface area contributed by atoms with Gasteiger partial charge in [-0.1, -0.05) is 26.0 Å². The Labute approximate surface area is 151 Å². The van der Waals surface area contributed by atoms with Crippen molar-refractivity contribution in [2.24, 2.45) is 0 Å². The molecule has 2 rings (SSSR count). The molecule has 0 bridgehead atoms. The van der Waals surface area contributed by atoms with Crippen LogP contribution in [0.2, 0.25) is 0 Å². The first kappa shape index (κ1) is 19.1. The van der Waals surface area contributed by atoms with Crippen LogP contribution in [0.4, 0.5) is 11.4 Å². The second-order valence-corrected chi connectivity index (χ2v) is 6.13. The second kappa shape index (κ2) is 8.75. The van der Waals surface area contributed by atoms with Crippen LogP contribution in [0.15, 0.2) is 48.5 Å². The highest BCUT2D eigenvalue weighted by Crippen LogP contribution is 2.17. The predicted octanol–water partition coefficient (Wildman–Crippen LogP) is 3.48. The zero-order valence-corrected chi connectivity index (χ0v) is 14.7. The summed E-state index contributed by atoms with van der Waals surface area (Å²) in [5, 5.41) is 16.0. The van der Waals surface area contributed by atoms with Crippen molar-refractivity contribution >= 4 is 23.2 Å². The van der Waals surface area contributed by atoms with Crippen molar-refractivity contribution in [3.05, 3.63) is 69.8 Å². The predicted molar refractivity (Wildman–Crippen MR) is 99.2 cm³/mol. The SMILES string of the molecule is CC(C)c1ccc(NC(=O)CCNC(=O)c2ccc([N+](=O)[O-])cc2)cc1. The average molecular weight is 355 g/mol. The van der Waals surface area contributed by atoms with E-state index in [1.165, 1.54) is 29.8 Å². The summed E-state index contributed by atoms with van der Waals surface area (Å²) in [7, 11) is 0. The summed E-state index contributed by atoms with van der Waals surface area (Å²) in [5.41, 5.74) is 2.13. The van der Waals surface area contributed by atoms with Crippen LogP contribution in [-0.2, 0) is 4.79 Å². The van der Waals surface area contributed by atoms with Crippen molar-refractivity contribution in [3.63, 3.8) is 0 Å². The van der Waals surface area contributed by atoms with Crippen LogP contribution >= 0.6 is 0 Å². The molecule has 0 spiro atoms. The molecular formula is C19H21N3O4. The Balaban J connectivity index is 1.78. The first-order valence-electron chi connectivity index (χ1n) is 8.29. The van der Waals surface area contributed by atoms with Crippen molar-refractivity contribution in [3.8, 4) is 0 Å². The number of nitrogens with one attached hydrogen (secondary N) is 2. The minimum Gasteiger partial charge on any atom is -0.352 e. The minimum absolute atomic E-state index is 0.0792. The molecule has 0 heterocycles. The lowest BCUT2D eigenvalue weighted by molar-refractivity contribution is -0.384. The van der Waals surface area contributed by atoms with Gasteiger partial charge < -0.3 is 10.6 Å². The van der Waals surface area contributed by atoms with Gasteiger partial charge >= 0.3 is 0 Å². The highest BCUT2D eigenvalue weighted by atomic mass is 16.6. The fourth-order valence-electron chi connectivity index (χ4n) is 2.30. The normalized spacial score (nSPS) is 10.4. The lowest BCUT2D eigenvalue weighted by atomic mass is 10.0. The van der Waals surface area contributed by atoms with Gasteiger partial charge in [0.1, 0.15) is 0 Å². The van der Waals surface area contributed by atoms with Crippen molar-refractivity contribution in [2.75, 3.05) is 11.9 Å². The van der Waals surface area contributed by atoms with Gasteiger partial charge in [-0.05, 0) is 35.7 Å². The first-order valence-corrected chi connectivity index (χ1v) is 8.29. The van der Waals surface area contributed by atoms with E-state index in [1.807, 2.05) is 24.3 Å². The van der Waals surface area contributed by atoms with Gasteiger partial charge in [0.25, 0.3) is 11.6 Å². The Bertz CT molecular complexity index is 783. The number of anilines is 1. The van der Waals surface area contributed by atoms with Gasteiger partial charge in [-0.2, -0.15) is 0 Å². The molecular weight excluding hydrogens is 334 g/mol. The molecule has 2 N–H and O–H groups in total. The third kappa shape index (κ3) is 5.41. The van der Waals surface area contributed by atoms with Crippen LogP contribution in [0.3, 0.4) is 0 Å². The maximum atomic E-state index is 12.0. The van der Waals surface area contributed by atoms with E-state index in [0.717, 1.165) is 0 Å². The summed E-state index contributed by atoms with van der Waals surface area (Å²) in [6.07, 6.45) is 0.130. The monoisotopic (exact) mass is 355 g/mol. The van der Waals surface area contributed by atoms with Crippen molar-refractivity contribution < 1.29 is 14.5 Å². The van der Waals surface area contributed by atoms with Crippen LogP contribution in [0.1, 0.15) is 42.1 Å². The number of benzene rings is 2. The Morgan fingerprint density at radius 2 is 1.65 bits per heavy atom. The molecule has 0 aromatic heterocycles. The highest BCUT2D eigenvalue weighted by molar-refractivity contribution is 5.95. The third-order valence-corrected chi connectivity index (χ3v) is 3.84. The topological polar surface area (TPSA) is 101 Å². The summed E-state index contributed by atoms with van der Waals surface area (Å²) < 4.78 is 0. The van der Waals surface area contributed by atoms with E-state index in [9.17, 15) is 19.7 Å². The molecule has 0 fully saturated rings. The van der Waals surface area contributed by atoms with E-state index >= 15 is 0 Å². The zero-order chi connectivity index (χ0) is 19.1. The Hall–Kier alpha value is -3.22. The number of non-ortho nitro benzene ring substituents is 1. The molecule has 0 aliphatic rings. The second-order valence-electron chi connectivity index (χ2n) is 6.13. The molecule has 0 radical (unpaired) electrons. The molecule has 0 unspecified atom stereocenters. The quantitative estimate of drug-likeness (QED) is 0.586. The molecule has 0 saturated carbocycles. The number of amides is 2. The van der Waals surface area contributed by atoms with Gasteiger partial charge in [-0.25, -0.2) is 0 Å². The number of carbonyl (C=O) groups excluding carboxylic acids is 2. The van der Waals surface area contributed by atoms with Crippen LogP contribution < -0.4 is 10.6 Å². The maximum Gasteiger partial charge on any atom is 0.269 e. The maximum absolute atomic E-state index is 12.0. The van der Waals surface area contributed by atoms with Gasteiger partial charge in [-0.3, -0.25) is 19.7 Å². The molecule has 26 heavy (non-hydrogen) atoms. The van der Waals surface area contributed by atoms with Crippen LogP contribution in [-0.4, -0.2) is 23.3 Å². The lowest BCUT2D eigenvalue weighted by Gasteiger charge is -2.09. The molecule has 2 amide bonds. The summed E-state index contributed by atoms with van der Waals surface area (Å²) in [4.78, 5) is 33.9. The Morgan fingerprint density at radius 1 is 1.04 bits per heavy atom. The molecule has 0 atom stereocenters. The molecule has 2 aromatic rings. The Morgan fingerprint density at radius 3 is 2.19 bits per heavy atom. The van der Waals surface area contributed by atoms with Crippen LogP contribution in [0.5, 0.6) is 0 Å². The molecule has 136 valence electrons. The standard InChI is InChI=1S/C19H21N3O4/c1-13(2)14-3-7-16(8-4-14)21-18(23)11-12-20-19(24)15-5-9-17(10-6-15)22(25)26/h3-10,13H,11-12H2,1-2H3,(H,20,24)(H,21,23). The largest absolute Gasteiger partial charge is 0.352 e. The lowest BCUT2D eigenvalue weighted by Crippen LogP contribution is -2.27. The third-order valence-electron chi connectivity index (χ3n) is 3.84. The van der Waals surface area contributed by atoms with E-state index in [4.69, 9.17) is 0 Å². The number of nitrogens with zero attached hydrogens (tertiary/aromatic N) is 1. The summed E-state index contributed by atoms with van der Waals surface area (Å²) in [6, 6.07) is 12.9. The Kier molecular flexibility index (Phi) is 6.43. The van der Waals surface area contributed by atoms with Crippen molar-refractivity contribution in [1.29, 1.82) is 0 Å². The number of hydrogen-bond acceptors (Lipinski definition) is 4. The molecule has 7 nitrogen and oxygen atoms in total. The molecule has 2 aromatic carbocycles. The number of nitro benzene ring substituents is 1. The summed E-state index contributed by atoms with van der Waals surface area (Å²) in [6.45, 7) is 4.37. The smallest absolute Gasteiger partial charge is 0.269 e. The van der Waals surface area contributed by atoms with Gasteiger partial charge in [0.2, 0.25) is 5.91 Å². The van der Waals surface area contributed by atoms with E-state index in [2.05, 4.69) is 24.5 Å². The van der Waals surface area contributed by atoms with E-state index in [0.29, 0.717) is 17.2 Å². The van der Waals surface area contributed by atoms with Gasteiger partial charge in [-0.15, -0.1) is 0 Å². The summed E-state index contributed by atoms with van der Waals surface area (Å²) in [5.74, 6) is -0.158. The van der Waals surface area contributed by atoms with E-state index in [-0.39, 0.29) is 30.5 Å². The zero-order valence-electron chi connectivity index (χ0n) is 14.7. The fourth-order valence-corrected chi connectivity index (χ4v) is 2.30. The van der Waals surface area contributed by atoms with Gasteiger partial charge in [0.15, 0.2) is 0 Å². The molecule has 0 saturated heterocycles. The average Bonchev–Trinajstić information content (AvgIpc) is 2.62. The minimum atomic E-state index is -0.528. The summed E-state index contributed by atoms with van der Waals surface area (Å²) >= 11 is 0. The number of carbonyl (C=O) groups is 2. The fraction of sp³-hybridized carbons (Fsp3) is 0.263. The van der Waals surface area contributed by atoms with E-state index < -0.39 is 4.92 Å². The van der Waals surface area contributed by atoms with Gasteiger partial charge in [0.05, 0.1) is 4.92 Å². The molecule has 7 heteroatoms. The van der Waals surface area contributed by atoms with E-state index in [1.54, 1.807) is 0 Å². The van der Waals surface area contributed by atoms with Crippen molar-refractivity contribution in [2.45, 2.75) is 26.2 Å². The number of rotatable bonds is 7. The first-order chi connectivity index (χ1) is 12.4. The van der Waals surface area contributed by atoms with Crippen LogP contribution in [0.25, 0.3) is 0 Å². The highest BCUT2D eigenvalue weighted by Gasteiger charge is 2.10. The van der Waals surface area contributed by atoms with Crippen molar-refractivity contribution in [1.82, 2.24) is 5.32 Å². The molecule has 0 aliphatic heterocycles. The van der Waals surface area contributed by atoms with Gasteiger partial charge in [0, 0.05) is 36.3 Å².